The Morgan fingerprint density at radius 2 is 1.68 bits per heavy atom. The van der Waals surface area contributed by atoms with Crippen LogP contribution in [0.2, 0.25) is 0 Å². The van der Waals surface area contributed by atoms with E-state index in [1.807, 2.05) is 12.1 Å². The molecular formula is C16H18NO2+. The van der Waals surface area contributed by atoms with Crippen LogP contribution < -0.4 is 14.0 Å². The maximum Gasteiger partial charge on any atom is 0.231 e. The van der Waals surface area contributed by atoms with Gasteiger partial charge >= 0.3 is 0 Å². The Labute approximate surface area is 113 Å². The molecule has 2 aromatic carbocycles. The van der Waals surface area contributed by atoms with Gasteiger partial charge in [0.2, 0.25) is 12.5 Å². The molecule has 0 saturated carbocycles. The highest BCUT2D eigenvalue weighted by molar-refractivity contribution is 5.68. The van der Waals surface area contributed by atoms with Crippen LogP contribution >= 0.6 is 0 Å². The lowest BCUT2D eigenvalue weighted by Crippen LogP contribution is -2.34. The number of para-hydroxylation sites is 1. The number of ether oxygens (including phenoxy) is 2. The molecule has 0 fully saturated rings. The van der Waals surface area contributed by atoms with Gasteiger partial charge in [-0.3, -0.25) is 4.48 Å². The Morgan fingerprint density at radius 1 is 0.947 bits per heavy atom. The SMILES string of the molecule is Cc1ccc([N+](C)(C)c2cccc3c2OCO3)cc1. The molecule has 0 atom stereocenters. The zero-order chi connectivity index (χ0) is 13.5. The van der Waals surface area contributed by atoms with E-state index in [1.165, 1.54) is 11.3 Å². The lowest BCUT2D eigenvalue weighted by molar-refractivity contribution is 0.173. The van der Waals surface area contributed by atoms with Crippen LogP contribution in [0.1, 0.15) is 5.56 Å². The first-order chi connectivity index (χ1) is 9.09. The number of fused-ring (bicyclic) bond motifs is 1. The molecule has 1 aliphatic rings. The van der Waals surface area contributed by atoms with E-state index in [4.69, 9.17) is 9.47 Å². The molecule has 0 aliphatic carbocycles. The van der Waals surface area contributed by atoms with Gasteiger partial charge < -0.3 is 9.47 Å². The summed E-state index contributed by atoms with van der Waals surface area (Å²) in [6.45, 7) is 2.40. The van der Waals surface area contributed by atoms with Crippen LogP contribution in [0.25, 0.3) is 0 Å². The summed E-state index contributed by atoms with van der Waals surface area (Å²) in [5.74, 6) is 1.68. The van der Waals surface area contributed by atoms with Crippen molar-refractivity contribution < 1.29 is 9.47 Å². The summed E-state index contributed by atoms with van der Waals surface area (Å²) in [6, 6.07) is 14.6. The van der Waals surface area contributed by atoms with E-state index in [0.29, 0.717) is 11.3 Å². The number of quaternary nitrogens is 1. The van der Waals surface area contributed by atoms with Crippen molar-refractivity contribution in [1.29, 1.82) is 0 Å². The average Bonchev–Trinajstić information content (AvgIpc) is 2.87. The first-order valence-corrected chi connectivity index (χ1v) is 6.39. The number of benzene rings is 2. The van der Waals surface area contributed by atoms with Crippen LogP contribution in [0.3, 0.4) is 0 Å². The van der Waals surface area contributed by atoms with Crippen molar-refractivity contribution in [3.63, 3.8) is 0 Å². The third kappa shape index (κ3) is 1.96. The van der Waals surface area contributed by atoms with E-state index >= 15 is 0 Å². The normalized spacial score (nSPS) is 13.6. The number of rotatable bonds is 2. The Kier molecular flexibility index (Phi) is 2.72. The van der Waals surface area contributed by atoms with E-state index in [0.717, 1.165) is 17.2 Å². The molecule has 3 rings (SSSR count). The van der Waals surface area contributed by atoms with Gasteiger partial charge in [-0.25, -0.2) is 0 Å². The molecule has 1 heterocycles. The van der Waals surface area contributed by atoms with Crippen LogP contribution in [-0.2, 0) is 0 Å². The molecule has 19 heavy (non-hydrogen) atoms. The second kappa shape index (κ2) is 4.28. The van der Waals surface area contributed by atoms with Gasteiger partial charge in [-0.05, 0) is 25.1 Å². The lowest BCUT2D eigenvalue weighted by Gasteiger charge is -2.29. The molecule has 98 valence electrons. The van der Waals surface area contributed by atoms with Crippen molar-refractivity contribution in [3.05, 3.63) is 48.0 Å². The standard InChI is InChI=1S/C16H18NO2/c1-12-7-9-13(10-8-12)17(2,3)14-5-4-6-15-16(14)19-11-18-15/h4-10H,11H2,1-3H3/q+1. The number of aryl methyl sites for hydroxylation is 1. The topological polar surface area (TPSA) is 18.5 Å². The molecule has 0 unspecified atom stereocenters. The Hall–Kier alpha value is -2.00. The summed E-state index contributed by atoms with van der Waals surface area (Å²) >= 11 is 0. The predicted octanol–water partition coefficient (Wildman–Crippen LogP) is 3.62. The summed E-state index contributed by atoms with van der Waals surface area (Å²) < 4.78 is 11.7. The minimum absolute atomic E-state index is 0.306. The third-order valence-corrected chi connectivity index (χ3v) is 3.66. The fraction of sp³-hybridized carbons (Fsp3) is 0.250. The predicted molar refractivity (Wildman–Crippen MR) is 77.0 cm³/mol. The van der Waals surface area contributed by atoms with E-state index in [9.17, 15) is 0 Å². The quantitative estimate of drug-likeness (QED) is 0.764. The monoisotopic (exact) mass is 256 g/mol. The lowest BCUT2D eigenvalue weighted by atomic mass is 10.1. The zero-order valence-electron chi connectivity index (χ0n) is 11.5. The van der Waals surface area contributed by atoms with E-state index < -0.39 is 0 Å². The minimum Gasteiger partial charge on any atom is -0.453 e. The third-order valence-electron chi connectivity index (χ3n) is 3.66. The fourth-order valence-corrected chi connectivity index (χ4v) is 2.41. The molecule has 0 N–H and O–H groups in total. The number of hydrogen-bond acceptors (Lipinski definition) is 2. The highest BCUT2D eigenvalue weighted by atomic mass is 16.7. The van der Waals surface area contributed by atoms with Gasteiger partial charge in [-0.2, -0.15) is 0 Å². The molecule has 2 aromatic rings. The second-order valence-electron chi connectivity index (χ2n) is 5.30. The van der Waals surface area contributed by atoms with Crippen molar-refractivity contribution >= 4 is 11.4 Å². The minimum atomic E-state index is 0.306. The zero-order valence-corrected chi connectivity index (χ0v) is 11.5. The molecular weight excluding hydrogens is 238 g/mol. The molecule has 1 aliphatic heterocycles. The van der Waals surface area contributed by atoms with Crippen molar-refractivity contribution in [3.8, 4) is 11.5 Å². The molecule has 0 bridgehead atoms. The van der Waals surface area contributed by atoms with Crippen LogP contribution in [-0.4, -0.2) is 20.9 Å². The van der Waals surface area contributed by atoms with Gasteiger partial charge in [-0.1, -0.05) is 23.8 Å². The number of hydrogen-bond donors (Lipinski definition) is 0. The Bertz CT molecular complexity index is 603. The molecule has 3 nitrogen and oxygen atoms in total. The molecule has 0 radical (unpaired) electrons. The summed E-state index contributed by atoms with van der Waals surface area (Å²) in [7, 11) is 4.31. The molecule has 3 heteroatoms. The van der Waals surface area contributed by atoms with Crippen molar-refractivity contribution in [2.75, 3.05) is 20.9 Å². The van der Waals surface area contributed by atoms with E-state index in [2.05, 4.69) is 51.4 Å². The van der Waals surface area contributed by atoms with Crippen LogP contribution in [0.4, 0.5) is 11.4 Å². The Morgan fingerprint density at radius 3 is 2.42 bits per heavy atom. The first kappa shape index (κ1) is 12.1. The van der Waals surface area contributed by atoms with E-state index in [-0.39, 0.29) is 0 Å². The van der Waals surface area contributed by atoms with E-state index in [1.54, 1.807) is 0 Å². The maximum atomic E-state index is 5.62. The van der Waals surface area contributed by atoms with Crippen LogP contribution in [0.15, 0.2) is 42.5 Å². The summed E-state index contributed by atoms with van der Waals surface area (Å²) in [6.07, 6.45) is 0. The fourth-order valence-electron chi connectivity index (χ4n) is 2.41. The van der Waals surface area contributed by atoms with Crippen LogP contribution in [0, 0.1) is 6.92 Å². The van der Waals surface area contributed by atoms with Crippen LogP contribution in [0.5, 0.6) is 11.5 Å². The Balaban J connectivity index is 2.10. The van der Waals surface area contributed by atoms with Gasteiger partial charge in [0, 0.05) is 6.07 Å². The highest BCUT2D eigenvalue weighted by Crippen LogP contribution is 2.45. The largest absolute Gasteiger partial charge is 0.453 e. The second-order valence-corrected chi connectivity index (χ2v) is 5.30. The van der Waals surface area contributed by atoms with Crippen molar-refractivity contribution in [2.45, 2.75) is 6.92 Å². The van der Waals surface area contributed by atoms with Gasteiger partial charge in [0.25, 0.3) is 0 Å². The summed E-state index contributed by atoms with van der Waals surface area (Å²) in [5.41, 5.74) is 3.59. The van der Waals surface area contributed by atoms with Gasteiger partial charge in [0.15, 0.2) is 11.4 Å². The summed E-state index contributed by atoms with van der Waals surface area (Å²) in [5, 5.41) is 0. The highest BCUT2D eigenvalue weighted by Gasteiger charge is 2.31. The van der Waals surface area contributed by atoms with Gasteiger partial charge in [0.05, 0.1) is 14.1 Å². The molecule has 0 aromatic heterocycles. The van der Waals surface area contributed by atoms with Gasteiger partial charge in [0.1, 0.15) is 5.69 Å². The molecule has 0 amide bonds. The van der Waals surface area contributed by atoms with Crippen molar-refractivity contribution in [1.82, 2.24) is 4.48 Å². The smallest absolute Gasteiger partial charge is 0.231 e. The van der Waals surface area contributed by atoms with Crippen molar-refractivity contribution in [2.24, 2.45) is 0 Å². The number of nitrogens with zero attached hydrogens (tertiary/aromatic N) is 1. The molecule has 0 spiro atoms. The maximum absolute atomic E-state index is 5.62. The van der Waals surface area contributed by atoms with Gasteiger partial charge in [-0.15, -0.1) is 0 Å². The molecule has 0 saturated heterocycles. The first-order valence-electron chi connectivity index (χ1n) is 6.39. The summed E-state index contributed by atoms with van der Waals surface area (Å²) in [4.78, 5) is 0. The average molecular weight is 256 g/mol.